The van der Waals surface area contributed by atoms with Crippen LogP contribution in [-0.2, 0) is 16.8 Å². The lowest BCUT2D eigenvalue weighted by molar-refractivity contribution is -0.130. The van der Waals surface area contributed by atoms with E-state index in [1.54, 1.807) is 15.8 Å². The fraction of sp³-hybridized carbons (Fsp3) is 0.368. The lowest BCUT2D eigenvalue weighted by atomic mass is 9.81. The maximum atomic E-state index is 12.6. The fourth-order valence-corrected chi connectivity index (χ4v) is 2.89. The molecule has 0 atom stereocenters. The first-order chi connectivity index (χ1) is 12.4. The van der Waals surface area contributed by atoms with Gasteiger partial charge >= 0.3 is 0 Å². The van der Waals surface area contributed by atoms with Crippen LogP contribution in [-0.4, -0.2) is 43.9 Å². The Morgan fingerprint density at radius 2 is 1.92 bits per heavy atom. The van der Waals surface area contributed by atoms with Crippen LogP contribution >= 0.6 is 0 Å². The standard InChI is InChI=1S/C19H24N6O/c1-19(2,14-7-5-4-6-8-14)9-10-24(3)15(26)11-25-13-23-16-17(20)21-12-22-18(16)25/h4-8,12-13H,9-11H2,1-3H3,(H2,20,21,22). The second-order valence-corrected chi connectivity index (χ2v) is 7.12. The van der Waals surface area contributed by atoms with Crippen molar-refractivity contribution in [1.29, 1.82) is 0 Å². The lowest BCUT2D eigenvalue weighted by Gasteiger charge is -2.28. The molecule has 0 saturated carbocycles. The molecule has 1 aromatic carbocycles. The average molecular weight is 352 g/mol. The van der Waals surface area contributed by atoms with Crippen molar-refractivity contribution in [2.75, 3.05) is 19.3 Å². The molecular weight excluding hydrogens is 328 g/mol. The van der Waals surface area contributed by atoms with Gasteiger partial charge in [0.1, 0.15) is 18.4 Å². The van der Waals surface area contributed by atoms with Crippen LogP contribution in [0.15, 0.2) is 43.0 Å². The van der Waals surface area contributed by atoms with Gasteiger partial charge in [0, 0.05) is 13.6 Å². The molecule has 26 heavy (non-hydrogen) atoms. The number of fused-ring (bicyclic) bond motifs is 1. The average Bonchev–Trinajstić information content (AvgIpc) is 3.05. The number of aromatic nitrogens is 4. The molecule has 0 aliphatic rings. The third-order valence-electron chi connectivity index (χ3n) is 4.79. The molecule has 2 aromatic heterocycles. The predicted molar refractivity (Wildman–Crippen MR) is 101 cm³/mol. The highest BCUT2D eigenvalue weighted by molar-refractivity contribution is 5.83. The topological polar surface area (TPSA) is 89.9 Å². The van der Waals surface area contributed by atoms with Crippen LogP contribution < -0.4 is 5.73 Å². The van der Waals surface area contributed by atoms with Crippen molar-refractivity contribution in [3.05, 3.63) is 48.5 Å². The minimum Gasteiger partial charge on any atom is -0.382 e. The van der Waals surface area contributed by atoms with E-state index in [9.17, 15) is 4.79 Å². The highest BCUT2D eigenvalue weighted by Gasteiger charge is 2.22. The van der Waals surface area contributed by atoms with Gasteiger partial charge in [-0.1, -0.05) is 44.2 Å². The van der Waals surface area contributed by atoms with Gasteiger partial charge in [0.15, 0.2) is 11.5 Å². The SMILES string of the molecule is CN(CCC(C)(C)c1ccccc1)C(=O)Cn1cnc2c(N)ncnc21. The first-order valence-corrected chi connectivity index (χ1v) is 8.59. The number of nitrogens with two attached hydrogens (primary N) is 1. The van der Waals surface area contributed by atoms with E-state index in [4.69, 9.17) is 5.73 Å². The van der Waals surface area contributed by atoms with Gasteiger partial charge in [-0.05, 0) is 17.4 Å². The van der Waals surface area contributed by atoms with E-state index in [1.807, 2.05) is 25.2 Å². The molecule has 0 unspecified atom stereocenters. The van der Waals surface area contributed by atoms with Crippen molar-refractivity contribution in [1.82, 2.24) is 24.4 Å². The normalized spacial score (nSPS) is 11.7. The first-order valence-electron chi connectivity index (χ1n) is 8.59. The summed E-state index contributed by atoms with van der Waals surface area (Å²) >= 11 is 0. The zero-order chi connectivity index (χ0) is 18.7. The van der Waals surface area contributed by atoms with Crippen LogP contribution in [0.4, 0.5) is 5.82 Å². The van der Waals surface area contributed by atoms with Gasteiger partial charge < -0.3 is 15.2 Å². The fourth-order valence-electron chi connectivity index (χ4n) is 2.89. The lowest BCUT2D eigenvalue weighted by Crippen LogP contribution is -2.34. The van der Waals surface area contributed by atoms with Crippen LogP contribution in [0.3, 0.4) is 0 Å². The molecular formula is C19H24N6O. The summed E-state index contributed by atoms with van der Waals surface area (Å²) in [6.45, 7) is 5.24. The summed E-state index contributed by atoms with van der Waals surface area (Å²) in [7, 11) is 1.83. The molecule has 3 aromatic rings. The Kier molecular flexibility index (Phi) is 4.88. The highest BCUT2D eigenvalue weighted by Crippen LogP contribution is 2.26. The molecule has 1 amide bonds. The minimum absolute atomic E-state index is 0.000815. The summed E-state index contributed by atoms with van der Waals surface area (Å²) in [5.74, 6) is 0.324. The Hall–Kier alpha value is -2.96. The highest BCUT2D eigenvalue weighted by atomic mass is 16.2. The number of benzene rings is 1. The van der Waals surface area contributed by atoms with Crippen LogP contribution in [0.1, 0.15) is 25.8 Å². The summed E-state index contributed by atoms with van der Waals surface area (Å²) < 4.78 is 1.70. The van der Waals surface area contributed by atoms with E-state index in [2.05, 4.69) is 40.9 Å². The molecule has 0 aliphatic carbocycles. The molecule has 0 aliphatic heterocycles. The smallest absolute Gasteiger partial charge is 0.242 e. The number of hydrogen-bond donors (Lipinski definition) is 1. The van der Waals surface area contributed by atoms with Crippen LogP contribution in [0.5, 0.6) is 0 Å². The maximum absolute atomic E-state index is 12.6. The summed E-state index contributed by atoms with van der Waals surface area (Å²) in [4.78, 5) is 26.6. The Morgan fingerprint density at radius 3 is 2.65 bits per heavy atom. The molecule has 0 radical (unpaired) electrons. The van der Waals surface area contributed by atoms with Crippen molar-refractivity contribution in [2.24, 2.45) is 0 Å². The Balaban J connectivity index is 1.64. The number of carbonyl (C=O) groups is 1. The van der Waals surface area contributed by atoms with Crippen molar-refractivity contribution < 1.29 is 4.79 Å². The van der Waals surface area contributed by atoms with Gasteiger partial charge in [0.05, 0.1) is 6.33 Å². The Bertz CT molecular complexity index is 903. The summed E-state index contributed by atoms with van der Waals surface area (Å²) in [6.07, 6.45) is 3.83. The third-order valence-corrected chi connectivity index (χ3v) is 4.79. The largest absolute Gasteiger partial charge is 0.382 e. The predicted octanol–water partition coefficient (Wildman–Crippen LogP) is 2.23. The third kappa shape index (κ3) is 3.66. The van der Waals surface area contributed by atoms with E-state index in [0.29, 0.717) is 23.5 Å². The number of anilines is 1. The number of nitrogens with zero attached hydrogens (tertiary/aromatic N) is 5. The molecule has 0 spiro atoms. The molecule has 136 valence electrons. The molecule has 7 heteroatoms. The monoisotopic (exact) mass is 352 g/mol. The van der Waals surface area contributed by atoms with Crippen molar-refractivity contribution in [3.63, 3.8) is 0 Å². The first kappa shape index (κ1) is 17.8. The van der Waals surface area contributed by atoms with Crippen molar-refractivity contribution in [3.8, 4) is 0 Å². The number of amides is 1. The second-order valence-electron chi connectivity index (χ2n) is 7.12. The summed E-state index contributed by atoms with van der Waals surface area (Å²) in [5, 5.41) is 0. The quantitative estimate of drug-likeness (QED) is 0.735. The Morgan fingerprint density at radius 1 is 1.19 bits per heavy atom. The van der Waals surface area contributed by atoms with Crippen LogP contribution in [0.25, 0.3) is 11.2 Å². The molecule has 2 heterocycles. The number of nitrogen functional groups attached to an aromatic ring is 1. The van der Waals surface area contributed by atoms with Crippen LogP contribution in [0, 0.1) is 0 Å². The molecule has 3 rings (SSSR count). The van der Waals surface area contributed by atoms with E-state index in [0.717, 1.165) is 6.42 Å². The zero-order valence-corrected chi connectivity index (χ0v) is 15.4. The Labute approximate surface area is 152 Å². The van der Waals surface area contributed by atoms with E-state index in [-0.39, 0.29) is 17.9 Å². The summed E-state index contributed by atoms with van der Waals surface area (Å²) in [6, 6.07) is 10.4. The minimum atomic E-state index is -0.000815. The number of hydrogen-bond acceptors (Lipinski definition) is 5. The van der Waals surface area contributed by atoms with E-state index < -0.39 is 0 Å². The van der Waals surface area contributed by atoms with Gasteiger partial charge in [-0.3, -0.25) is 4.79 Å². The van der Waals surface area contributed by atoms with Crippen LogP contribution in [0.2, 0.25) is 0 Å². The van der Waals surface area contributed by atoms with Gasteiger partial charge in [-0.25, -0.2) is 15.0 Å². The van der Waals surface area contributed by atoms with Crippen molar-refractivity contribution >= 4 is 22.9 Å². The molecule has 0 bridgehead atoms. The van der Waals surface area contributed by atoms with Gasteiger partial charge in [-0.15, -0.1) is 0 Å². The zero-order valence-electron chi connectivity index (χ0n) is 15.4. The number of rotatable bonds is 6. The van der Waals surface area contributed by atoms with E-state index in [1.165, 1.54) is 11.9 Å². The number of likely N-dealkylation sites (N-methyl/N-ethyl adjacent to an activating group) is 1. The molecule has 0 saturated heterocycles. The number of carbonyl (C=O) groups excluding carboxylic acids is 1. The van der Waals surface area contributed by atoms with Crippen molar-refractivity contribution in [2.45, 2.75) is 32.2 Å². The van der Waals surface area contributed by atoms with Gasteiger partial charge in [-0.2, -0.15) is 0 Å². The molecule has 7 nitrogen and oxygen atoms in total. The maximum Gasteiger partial charge on any atom is 0.242 e. The summed E-state index contributed by atoms with van der Waals surface area (Å²) in [5.41, 5.74) is 8.15. The number of imidazole rings is 1. The van der Waals surface area contributed by atoms with Gasteiger partial charge in [0.2, 0.25) is 5.91 Å². The molecule has 0 fully saturated rings. The van der Waals surface area contributed by atoms with Gasteiger partial charge in [0.25, 0.3) is 0 Å². The molecule has 2 N–H and O–H groups in total. The van der Waals surface area contributed by atoms with E-state index >= 15 is 0 Å². The second kappa shape index (κ2) is 7.11.